The van der Waals surface area contributed by atoms with Crippen LogP contribution in [0.4, 0.5) is 0 Å². The van der Waals surface area contributed by atoms with Crippen molar-refractivity contribution >= 4 is 51.9 Å². The van der Waals surface area contributed by atoms with E-state index in [-0.39, 0.29) is 35.4 Å². The molecule has 0 unspecified atom stereocenters. The molecule has 12 heteroatoms. The average molecular weight is 579 g/mol. The van der Waals surface area contributed by atoms with Gasteiger partial charge in [0.1, 0.15) is 28.5 Å². The second-order valence-corrected chi connectivity index (χ2v) is 11.1. The van der Waals surface area contributed by atoms with Gasteiger partial charge in [-0.2, -0.15) is 0 Å². The van der Waals surface area contributed by atoms with E-state index in [0.29, 0.717) is 23.6 Å². The number of fused-ring (bicyclic) bond motifs is 2. The fourth-order valence-electron chi connectivity index (χ4n) is 3.54. The number of allylic oxidation sites excluding steroid dienone is 2. The Balaban J connectivity index is 2.00. The topological polar surface area (TPSA) is 144 Å². The largest absolute Gasteiger partial charge is 0.456 e. The van der Waals surface area contributed by atoms with Crippen LogP contribution in [0.2, 0.25) is 0 Å². The van der Waals surface area contributed by atoms with Gasteiger partial charge >= 0.3 is 5.97 Å². The summed E-state index contributed by atoms with van der Waals surface area (Å²) in [6, 6.07) is -1.03. The van der Waals surface area contributed by atoms with Crippen molar-refractivity contribution in [3.8, 4) is 0 Å². The minimum Gasteiger partial charge on any atom is -0.456 e. The van der Waals surface area contributed by atoms with Crippen molar-refractivity contribution in [2.24, 2.45) is 0 Å². The molecular formula is C27H38N4O6S2. The summed E-state index contributed by atoms with van der Waals surface area (Å²) < 4.78 is 5.52. The molecule has 2 bridgehead atoms. The Labute approximate surface area is 237 Å². The molecule has 0 fully saturated rings. The van der Waals surface area contributed by atoms with Gasteiger partial charge in [-0.05, 0) is 32.8 Å². The molecule has 0 aromatic carbocycles. The van der Waals surface area contributed by atoms with Gasteiger partial charge in [0.15, 0.2) is 5.12 Å². The van der Waals surface area contributed by atoms with Crippen LogP contribution in [-0.4, -0.2) is 51.7 Å². The Hall–Kier alpha value is -2.99. The summed E-state index contributed by atoms with van der Waals surface area (Å²) >= 11 is 2.48. The molecule has 3 amide bonds. The van der Waals surface area contributed by atoms with E-state index in [0.717, 1.165) is 19.3 Å². The van der Waals surface area contributed by atoms with E-state index in [2.05, 4.69) is 27.9 Å². The molecule has 1 aliphatic heterocycles. The molecule has 3 N–H and O–H groups in total. The smallest absolute Gasteiger partial charge is 0.328 e. The van der Waals surface area contributed by atoms with Gasteiger partial charge in [0.2, 0.25) is 5.91 Å². The van der Waals surface area contributed by atoms with Crippen LogP contribution in [0.3, 0.4) is 0 Å². The molecule has 214 valence electrons. The number of hydrogen-bond donors (Lipinski definition) is 3. The van der Waals surface area contributed by atoms with Gasteiger partial charge < -0.3 is 20.7 Å². The number of amides is 3. The summed E-state index contributed by atoms with van der Waals surface area (Å²) in [5.74, 6) is -1.74. The van der Waals surface area contributed by atoms with Gasteiger partial charge in [-0.15, -0.1) is 11.3 Å². The lowest BCUT2D eigenvalue weighted by Crippen LogP contribution is -2.44. The number of esters is 1. The van der Waals surface area contributed by atoms with Crippen molar-refractivity contribution in [3.63, 3.8) is 0 Å². The van der Waals surface area contributed by atoms with Crippen molar-refractivity contribution < 1.29 is 28.7 Å². The first-order chi connectivity index (χ1) is 18.7. The Morgan fingerprint density at radius 1 is 1.18 bits per heavy atom. The third-order valence-corrected chi connectivity index (χ3v) is 7.56. The molecule has 0 saturated carbocycles. The number of nitrogens with one attached hydrogen (secondary N) is 3. The quantitative estimate of drug-likeness (QED) is 0.165. The first-order valence-electron chi connectivity index (χ1n) is 13.3. The first kappa shape index (κ1) is 32.2. The molecule has 2 atom stereocenters. The summed E-state index contributed by atoms with van der Waals surface area (Å²) in [5, 5.41) is 9.94. The maximum absolute atomic E-state index is 12.7. The minimum atomic E-state index is -1.03. The number of carbonyl (C=O) groups excluding carboxylic acids is 5. The lowest BCUT2D eigenvalue weighted by molar-refractivity contribution is -0.151. The van der Waals surface area contributed by atoms with Crippen LogP contribution in [0, 0.1) is 0 Å². The predicted octanol–water partition coefficient (Wildman–Crippen LogP) is 3.78. The normalized spacial score (nSPS) is 20.4. The third-order valence-electron chi connectivity index (χ3n) is 5.74. The van der Waals surface area contributed by atoms with E-state index >= 15 is 0 Å². The summed E-state index contributed by atoms with van der Waals surface area (Å²) in [6.45, 7) is 5.30. The summed E-state index contributed by atoms with van der Waals surface area (Å²) in [5.41, 5.74) is 0.0867. The maximum Gasteiger partial charge on any atom is 0.328 e. The molecule has 1 aromatic rings. The zero-order valence-electron chi connectivity index (χ0n) is 22.7. The van der Waals surface area contributed by atoms with E-state index in [9.17, 15) is 24.0 Å². The molecule has 0 saturated heterocycles. The molecule has 0 spiro atoms. The van der Waals surface area contributed by atoms with Crippen molar-refractivity contribution in [2.45, 2.75) is 90.8 Å². The van der Waals surface area contributed by atoms with Crippen LogP contribution in [0.5, 0.6) is 0 Å². The van der Waals surface area contributed by atoms with Gasteiger partial charge in [0.05, 0.1) is 13.0 Å². The van der Waals surface area contributed by atoms with E-state index in [1.165, 1.54) is 54.3 Å². The summed E-state index contributed by atoms with van der Waals surface area (Å²) in [7, 11) is 0. The van der Waals surface area contributed by atoms with E-state index < -0.39 is 29.9 Å². The number of carbonyl (C=O) groups is 5. The Morgan fingerprint density at radius 3 is 2.69 bits per heavy atom. The van der Waals surface area contributed by atoms with E-state index in [1.54, 1.807) is 19.1 Å². The molecule has 0 aliphatic carbocycles. The molecule has 1 aromatic heterocycles. The van der Waals surface area contributed by atoms with Crippen LogP contribution in [0.15, 0.2) is 29.3 Å². The highest BCUT2D eigenvalue weighted by Crippen LogP contribution is 2.14. The van der Waals surface area contributed by atoms with Crippen molar-refractivity contribution in [2.75, 3.05) is 5.75 Å². The van der Waals surface area contributed by atoms with Gasteiger partial charge in [0, 0.05) is 17.6 Å². The number of aromatic nitrogens is 1. The van der Waals surface area contributed by atoms with E-state index in [1.807, 2.05) is 0 Å². The van der Waals surface area contributed by atoms with Crippen LogP contribution in [-0.2, 0) is 30.5 Å². The highest BCUT2D eigenvalue weighted by Gasteiger charge is 2.25. The lowest BCUT2D eigenvalue weighted by atomic mass is 10.1. The van der Waals surface area contributed by atoms with Crippen LogP contribution in [0.25, 0.3) is 0 Å². The first-order valence-corrected chi connectivity index (χ1v) is 15.1. The molecule has 2 heterocycles. The highest BCUT2D eigenvalue weighted by atomic mass is 32.2. The van der Waals surface area contributed by atoms with Gasteiger partial charge in [-0.25, -0.2) is 9.78 Å². The zero-order valence-corrected chi connectivity index (χ0v) is 24.4. The molecule has 1 aliphatic rings. The number of cyclic esters (lactones) is 1. The number of hydrogen-bond acceptors (Lipinski definition) is 9. The molecule has 0 radical (unpaired) electrons. The number of rotatable bonds is 10. The Kier molecular flexibility index (Phi) is 14.5. The summed E-state index contributed by atoms with van der Waals surface area (Å²) in [6.07, 6.45) is 10.5. The monoisotopic (exact) mass is 578 g/mol. The lowest BCUT2D eigenvalue weighted by Gasteiger charge is -2.19. The zero-order chi connectivity index (χ0) is 28.6. The van der Waals surface area contributed by atoms with Crippen molar-refractivity contribution in [3.05, 3.63) is 40.0 Å². The predicted molar refractivity (Wildman–Crippen MR) is 152 cm³/mol. The van der Waals surface area contributed by atoms with Crippen LogP contribution in [0.1, 0.15) is 87.6 Å². The van der Waals surface area contributed by atoms with Crippen LogP contribution < -0.4 is 16.0 Å². The van der Waals surface area contributed by atoms with Crippen LogP contribution >= 0.6 is 23.1 Å². The maximum atomic E-state index is 12.7. The number of nitrogens with zero attached hydrogens (tertiary/aromatic N) is 1. The fourth-order valence-corrected chi connectivity index (χ4v) is 5.02. The Morgan fingerprint density at radius 2 is 1.95 bits per heavy atom. The molecule has 39 heavy (non-hydrogen) atoms. The molecule has 2 rings (SSSR count). The van der Waals surface area contributed by atoms with Gasteiger partial charge in [-0.1, -0.05) is 56.5 Å². The Bertz CT molecular complexity index is 1070. The van der Waals surface area contributed by atoms with Gasteiger partial charge in [-0.3, -0.25) is 19.2 Å². The number of thioether (sulfide) groups is 1. The number of thiazole rings is 1. The standard InChI is InChI=1S/C27H38N4O6S2/c1-4-6-7-8-9-13-24(33)38-14-11-10-12-19-15-22(32)28-16-23-30-21(17-39-23)26(35)31-20(5-2)25(34)29-18(3)27(36)37-19/h5,10,12,17-19H,4,6-9,11,13-16H2,1-3H3,(H,28,32)(H,29,34)(H,31,35)/b12-10+,20-5-/t18-,19+/m0/s1. The van der Waals surface area contributed by atoms with Crippen molar-refractivity contribution in [1.29, 1.82) is 0 Å². The second-order valence-electron chi connectivity index (χ2n) is 9.04. The van der Waals surface area contributed by atoms with Gasteiger partial charge in [0.25, 0.3) is 11.8 Å². The SMILES string of the molecule is C/C=C1\NC(=O)c2csc(n2)CNC(=O)C[C@@H](/C=C/CCSC(=O)CCCCCCC)OC(=O)[C@H](C)NC1=O. The number of unbranched alkanes of at least 4 members (excludes halogenated alkanes) is 4. The second kappa shape index (κ2) is 17.6. The minimum absolute atomic E-state index is 0.0287. The van der Waals surface area contributed by atoms with Crippen molar-refractivity contribution in [1.82, 2.24) is 20.9 Å². The molecule has 10 nitrogen and oxygen atoms in total. The third kappa shape index (κ3) is 12.2. The average Bonchev–Trinajstić information content (AvgIpc) is 3.38. The molecular weight excluding hydrogens is 540 g/mol. The highest BCUT2D eigenvalue weighted by molar-refractivity contribution is 8.13. The fraction of sp³-hybridized carbons (Fsp3) is 0.556. The summed E-state index contributed by atoms with van der Waals surface area (Å²) in [4.78, 5) is 66.6. The van der Waals surface area contributed by atoms with E-state index in [4.69, 9.17) is 4.74 Å². The number of ether oxygens (including phenoxy) is 1.